The molecule has 2 heterocycles. The van der Waals surface area contributed by atoms with Gasteiger partial charge in [-0.05, 0) is 31.5 Å². The van der Waals surface area contributed by atoms with E-state index in [1.165, 1.54) is 17.0 Å². The van der Waals surface area contributed by atoms with Crippen LogP contribution in [-0.4, -0.2) is 55.2 Å². The molecule has 1 aromatic carbocycles. The summed E-state index contributed by atoms with van der Waals surface area (Å²) < 4.78 is 18.9. The highest BCUT2D eigenvalue weighted by atomic mass is 32.1. The summed E-state index contributed by atoms with van der Waals surface area (Å²) in [4.78, 5) is 12.5. The fourth-order valence-electron chi connectivity index (χ4n) is 3.20. The summed E-state index contributed by atoms with van der Waals surface area (Å²) in [5.74, 6) is 0.558. The summed E-state index contributed by atoms with van der Waals surface area (Å²) in [7, 11) is 0. The number of hydrogen-bond donors (Lipinski definition) is 2. The molecule has 0 spiro atoms. The lowest BCUT2D eigenvalue weighted by Gasteiger charge is -2.35. The molecule has 1 aromatic heterocycles. The van der Waals surface area contributed by atoms with Crippen molar-refractivity contribution in [1.82, 2.24) is 20.5 Å². The predicted molar refractivity (Wildman–Crippen MR) is 111 cm³/mol. The predicted octanol–water partition coefficient (Wildman–Crippen LogP) is 2.72. The Labute approximate surface area is 169 Å². The fraction of sp³-hybridized carbons (Fsp3) is 0.500. The second-order valence-electron chi connectivity index (χ2n) is 6.65. The van der Waals surface area contributed by atoms with Crippen LogP contribution in [0.2, 0.25) is 0 Å². The van der Waals surface area contributed by atoms with Crippen LogP contribution in [0.25, 0.3) is 0 Å². The number of thiazole rings is 1. The SMILES string of the molecule is CCNC(=NCc1scnc1C)NCC(c1ccc(F)cc1)N1CCOCC1. The number of hydrogen-bond acceptors (Lipinski definition) is 5. The normalized spacial score (nSPS) is 16.8. The Hall–Kier alpha value is -2.03. The van der Waals surface area contributed by atoms with Gasteiger partial charge in [-0.2, -0.15) is 0 Å². The maximum Gasteiger partial charge on any atom is 0.191 e. The Morgan fingerprint density at radius 3 is 2.68 bits per heavy atom. The summed E-state index contributed by atoms with van der Waals surface area (Å²) >= 11 is 1.62. The molecule has 0 bridgehead atoms. The van der Waals surface area contributed by atoms with Crippen molar-refractivity contribution in [2.45, 2.75) is 26.4 Å². The van der Waals surface area contributed by atoms with E-state index in [0.29, 0.717) is 13.1 Å². The lowest BCUT2D eigenvalue weighted by molar-refractivity contribution is 0.0170. The molecule has 1 saturated heterocycles. The summed E-state index contributed by atoms with van der Waals surface area (Å²) in [6, 6.07) is 6.89. The number of ether oxygens (including phenoxy) is 1. The number of nitrogens with zero attached hydrogens (tertiary/aromatic N) is 3. The van der Waals surface area contributed by atoms with Crippen molar-refractivity contribution in [1.29, 1.82) is 0 Å². The van der Waals surface area contributed by atoms with Crippen molar-refractivity contribution >= 4 is 17.3 Å². The van der Waals surface area contributed by atoms with Crippen LogP contribution in [0.4, 0.5) is 4.39 Å². The zero-order chi connectivity index (χ0) is 19.8. The summed E-state index contributed by atoms with van der Waals surface area (Å²) in [6.45, 7) is 9.28. The molecule has 0 aliphatic carbocycles. The van der Waals surface area contributed by atoms with E-state index < -0.39 is 0 Å². The maximum absolute atomic E-state index is 13.4. The lowest BCUT2D eigenvalue weighted by Crippen LogP contribution is -2.46. The van der Waals surface area contributed by atoms with Crippen molar-refractivity contribution < 1.29 is 9.13 Å². The summed E-state index contributed by atoms with van der Waals surface area (Å²) in [6.07, 6.45) is 0. The number of halogens is 1. The van der Waals surface area contributed by atoms with Gasteiger partial charge in [0.2, 0.25) is 0 Å². The molecule has 1 unspecified atom stereocenters. The van der Waals surface area contributed by atoms with Gasteiger partial charge in [-0.3, -0.25) is 4.90 Å². The molecule has 0 amide bonds. The highest BCUT2D eigenvalue weighted by Gasteiger charge is 2.23. The zero-order valence-corrected chi connectivity index (χ0v) is 17.3. The Morgan fingerprint density at radius 2 is 2.04 bits per heavy atom. The van der Waals surface area contributed by atoms with E-state index in [4.69, 9.17) is 9.73 Å². The molecule has 28 heavy (non-hydrogen) atoms. The first-order chi connectivity index (χ1) is 13.7. The van der Waals surface area contributed by atoms with Gasteiger partial charge >= 0.3 is 0 Å². The molecular weight excluding hydrogens is 377 g/mol. The molecule has 1 fully saturated rings. The van der Waals surface area contributed by atoms with Crippen LogP contribution < -0.4 is 10.6 Å². The van der Waals surface area contributed by atoms with E-state index in [2.05, 4.69) is 27.4 Å². The lowest BCUT2D eigenvalue weighted by atomic mass is 10.0. The van der Waals surface area contributed by atoms with E-state index in [0.717, 1.165) is 50.1 Å². The number of aryl methyl sites for hydroxylation is 1. The molecule has 2 N–H and O–H groups in total. The first-order valence-corrected chi connectivity index (χ1v) is 10.5. The standard InChI is InChI=1S/C20H28FN5OS/c1-3-22-20(24-13-19-15(2)25-14-28-19)23-12-18(26-8-10-27-11-9-26)16-4-6-17(21)7-5-16/h4-7,14,18H,3,8-13H2,1-2H3,(H2,22,23,24). The van der Waals surface area contributed by atoms with Crippen LogP contribution in [0.3, 0.4) is 0 Å². The number of aliphatic imine (C=N–C) groups is 1. The van der Waals surface area contributed by atoms with Gasteiger partial charge < -0.3 is 15.4 Å². The van der Waals surface area contributed by atoms with Crippen molar-refractivity contribution in [2.24, 2.45) is 4.99 Å². The number of aromatic nitrogens is 1. The molecule has 152 valence electrons. The number of guanidine groups is 1. The van der Waals surface area contributed by atoms with Gasteiger partial charge in [0.25, 0.3) is 0 Å². The molecular formula is C20H28FN5OS. The fourth-order valence-corrected chi connectivity index (χ4v) is 3.90. The number of morpholine rings is 1. The van der Waals surface area contributed by atoms with Gasteiger partial charge in [0.1, 0.15) is 5.82 Å². The number of rotatable bonds is 7. The Balaban J connectivity index is 1.70. The van der Waals surface area contributed by atoms with Gasteiger partial charge in [0.15, 0.2) is 5.96 Å². The quantitative estimate of drug-likeness (QED) is 0.548. The van der Waals surface area contributed by atoms with E-state index in [-0.39, 0.29) is 11.9 Å². The second-order valence-corrected chi connectivity index (χ2v) is 7.59. The van der Waals surface area contributed by atoms with Crippen LogP contribution >= 0.6 is 11.3 Å². The minimum atomic E-state index is -0.215. The Morgan fingerprint density at radius 1 is 1.29 bits per heavy atom. The smallest absolute Gasteiger partial charge is 0.191 e. The number of benzene rings is 1. The molecule has 2 aromatic rings. The highest BCUT2D eigenvalue weighted by molar-refractivity contribution is 7.09. The summed E-state index contributed by atoms with van der Waals surface area (Å²) in [5, 5.41) is 6.76. The van der Waals surface area contributed by atoms with Gasteiger partial charge in [0.05, 0.1) is 37.0 Å². The molecule has 6 nitrogen and oxygen atoms in total. The number of nitrogens with one attached hydrogen (secondary N) is 2. The topological polar surface area (TPSA) is 61.8 Å². The first kappa shape index (κ1) is 20.7. The van der Waals surface area contributed by atoms with Crippen molar-refractivity contribution in [3.05, 3.63) is 51.7 Å². The third-order valence-electron chi connectivity index (χ3n) is 4.77. The van der Waals surface area contributed by atoms with Crippen LogP contribution in [0.1, 0.15) is 29.1 Å². The molecule has 0 radical (unpaired) electrons. The van der Waals surface area contributed by atoms with Crippen LogP contribution in [0.15, 0.2) is 34.8 Å². The van der Waals surface area contributed by atoms with Crippen LogP contribution in [0.5, 0.6) is 0 Å². The van der Waals surface area contributed by atoms with E-state index in [9.17, 15) is 4.39 Å². The average molecular weight is 406 g/mol. The van der Waals surface area contributed by atoms with Gasteiger partial charge in [0, 0.05) is 31.1 Å². The molecule has 8 heteroatoms. The monoisotopic (exact) mass is 405 g/mol. The molecule has 3 rings (SSSR count). The third-order valence-corrected chi connectivity index (χ3v) is 5.69. The second kappa shape index (κ2) is 10.5. The molecule has 1 atom stereocenters. The van der Waals surface area contributed by atoms with Crippen LogP contribution in [-0.2, 0) is 11.3 Å². The largest absolute Gasteiger partial charge is 0.379 e. The van der Waals surface area contributed by atoms with Crippen molar-refractivity contribution in [2.75, 3.05) is 39.4 Å². The van der Waals surface area contributed by atoms with E-state index in [1.54, 1.807) is 11.3 Å². The third kappa shape index (κ3) is 5.73. The minimum Gasteiger partial charge on any atom is -0.379 e. The van der Waals surface area contributed by atoms with Gasteiger partial charge in [-0.15, -0.1) is 11.3 Å². The molecule has 0 saturated carbocycles. The molecule has 1 aliphatic heterocycles. The van der Waals surface area contributed by atoms with Crippen molar-refractivity contribution in [3.8, 4) is 0 Å². The van der Waals surface area contributed by atoms with E-state index >= 15 is 0 Å². The Bertz CT molecular complexity index is 758. The maximum atomic E-state index is 13.4. The molecule has 1 aliphatic rings. The van der Waals surface area contributed by atoms with Gasteiger partial charge in [-0.1, -0.05) is 12.1 Å². The Kier molecular flexibility index (Phi) is 7.76. The van der Waals surface area contributed by atoms with Crippen molar-refractivity contribution in [3.63, 3.8) is 0 Å². The zero-order valence-electron chi connectivity index (χ0n) is 16.4. The summed E-state index contributed by atoms with van der Waals surface area (Å²) in [5.41, 5.74) is 3.97. The highest BCUT2D eigenvalue weighted by Crippen LogP contribution is 2.21. The van der Waals surface area contributed by atoms with Crippen LogP contribution in [0, 0.1) is 12.7 Å². The first-order valence-electron chi connectivity index (χ1n) is 9.65. The van der Waals surface area contributed by atoms with E-state index in [1.807, 2.05) is 24.6 Å². The minimum absolute atomic E-state index is 0.124. The van der Waals surface area contributed by atoms with Gasteiger partial charge in [-0.25, -0.2) is 14.4 Å². The average Bonchev–Trinajstić information content (AvgIpc) is 3.13.